The Labute approximate surface area is 110 Å². The Hall–Kier alpha value is -1.02. The smallest absolute Gasteiger partial charge is 0.122 e. The SMILES string of the molecule is CC1CCCNC1CCc1ccc2c(c1)CCO2. The van der Waals surface area contributed by atoms with Gasteiger partial charge in [0.05, 0.1) is 6.61 Å². The molecule has 0 radical (unpaired) electrons. The molecule has 98 valence electrons. The van der Waals surface area contributed by atoms with Crippen LogP contribution in [0.3, 0.4) is 0 Å². The monoisotopic (exact) mass is 245 g/mol. The fourth-order valence-electron chi connectivity index (χ4n) is 3.22. The van der Waals surface area contributed by atoms with Gasteiger partial charge in [-0.15, -0.1) is 0 Å². The Morgan fingerprint density at radius 2 is 2.33 bits per heavy atom. The van der Waals surface area contributed by atoms with Crippen molar-refractivity contribution in [3.05, 3.63) is 29.3 Å². The van der Waals surface area contributed by atoms with Crippen molar-refractivity contribution in [2.75, 3.05) is 13.2 Å². The highest BCUT2D eigenvalue weighted by molar-refractivity contribution is 5.39. The van der Waals surface area contributed by atoms with E-state index in [-0.39, 0.29) is 0 Å². The quantitative estimate of drug-likeness (QED) is 0.884. The zero-order valence-corrected chi connectivity index (χ0v) is 11.2. The molecule has 18 heavy (non-hydrogen) atoms. The molecular weight excluding hydrogens is 222 g/mol. The normalized spacial score (nSPS) is 26.7. The second-order valence-electron chi connectivity index (χ2n) is 5.76. The summed E-state index contributed by atoms with van der Waals surface area (Å²) in [5, 5.41) is 3.67. The topological polar surface area (TPSA) is 21.3 Å². The van der Waals surface area contributed by atoms with Crippen LogP contribution in [0.2, 0.25) is 0 Å². The summed E-state index contributed by atoms with van der Waals surface area (Å²) in [6.07, 6.45) is 6.26. The summed E-state index contributed by atoms with van der Waals surface area (Å²) in [6.45, 7) is 4.44. The summed E-state index contributed by atoms with van der Waals surface area (Å²) in [7, 11) is 0. The number of hydrogen-bond donors (Lipinski definition) is 1. The van der Waals surface area contributed by atoms with Gasteiger partial charge in [0, 0.05) is 12.5 Å². The molecule has 2 heteroatoms. The van der Waals surface area contributed by atoms with Gasteiger partial charge >= 0.3 is 0 Å². The van der Waals surface area contributed by atoms with Gasteiger partial charge < -0.3 is 10.1 Å². The largest absolute Gasteiger partial charge is 0.493 e. The molecule has 0 amide bonds. The van der Waals surface area contributed by atoms with Gasteiger partial charge in [-0.25, -0.2) is 0 Å². The molecule has 2 heterocycles. The molecule has 0 saturated carbocycles. The first-order chi connectivity index (χ1) is 8.83. The van der Waals surface area contributed by atoms with Crippen LogP contribution in [-0.2, 0) is 12.8 Å². The fraction of sp³-hybridized carbons (Fsp3) is 0.625. The number of piperidine rings is 1. The van der Waals surface area contributed by atoms with Crippen LogP contribution < -0.4 is 10.1 Å². The van der Waals surface area contributed by atoms with E-state index >= 15 is 0 Å². The molecule has 1 N–H and O–H groups in total. The van der Waals surface area contributed by atoms with Crippen molar-refractivity contribution < 1.29 is 4.74 Å². The standard InChI is InChI=1S/C16H23NO/c1-12-3-2-9-17-15(12)6-4-13-5-7-16-14(11-13)8-10-18-16/h5,7,11-12,15,17H,2-4,6,8-10H2,1H3. The Bertz CT molecular complexity index is 416. The molecule has 2 aliphatic rings. The minimum Gasteiger partial charge on any atom is -0.493 e. The maximum atomic E-state index is 5.55. The molecular formula is C16H23NO. The Morgan fingerprint density at radius 3 is 3.22 bits per heavy atom. The van der Waals surface area contributed by atoms with Gasteiger partial charge in [0.25, 0.3) is 0 Å². The highest BCUT2D eigenvalue weighted by atomic mass is 16.5. The molecule has 2 nitrogen and oxygen atoms in total. The zero-order valence-electron chi connectivity index (χ0n) is 11.2. The van der Waals surface area contributed by atoms with E-state index in [9.17, 15) is 0 Å². The first-order valence-corrected chi connectivity index (χ1v) is 7.31. The third-order valence-electron chi connectivity index (χ3n) is 4.43. The van der Waals surface area contributed by atoms with E-state index in [2.05, 4.69) is 30.4 Å². The lowest BCUT2D eigenvalue weighted by atomic mass is 9.88. The third kappa shape index (κ3) is 2.54. The lowest BCUT2D eigenvalue weighted by molar-refractivity contribution is 0.287. The fourth-order valence-corrected chi connectivity index (χ4v) is 3.22. The number of ether oxygens (including phenoxy) is 1. The van der Waals surface area contributed by atoms with E-state index in [1.165, 1.54) is 43.4 Å². The molecule has 3 rings (SSSR count). The molecule has 0 aromatic heterocycles. The predicted octanol–water partition coefficient (Wildman–Crippen LogP) is 2.94. The minimum atomic E-state index is 0.711. The van der Waals surface area contributed by atoms with Gasteiger partial charge in [-0.1, -0.05) is 19.1 Å². The zero-order chi connectivity index (χ0) is 12.4. The van der Waals surface area contributed by atoms with E-state index < -0.39 is 0 Å². The second-order valence-corrected chi connectivity index (χ2v) is 5.76. The maximum absolute atomic E-state index is 5.55. The van der Waals surface area contributed by atoms with Crippen molar-refractivity contribution in [1.29, 1.82) is 0 Å². The molecule has 0 aliphatic carbocycles. The molecule has 0 bridgehead atoms. The van der Waals surface area contributed by atoms with Crippen LogP contribution in [-0.4, -0.2) is 19.2 Å². The molecule has 1 fully saturated rings. The molecule has 0 spiro atoms. The van der Waals surface area contributed by atoms with Gasteiger partial charge in [0.2, 0.25) is 0 Å². The van der Waals surface area contributed by atoms with Crippen LogP contribution in [0, 0.1) is 5.92 Å². The molecule has 2 aliphatic heterocycles. The molecule has 1 aromatic carbocycles. The van der Waals surface area contributed by atoms with Crippen molar-refractivity contribution in [1.82, 2.24) is 5.32 Å². The first kappa shape index (κ1) is 12.0. The van der Waals surface area contributed by atoms with Crippen molar-refractivity contribution in [2.24, 2.45) is 5.92 Å². The van der Waals surface area contributed by atoms with Gasteiger partial charge in [0.1, 0.15) is 5.75 Å². The number of benzene rings is 1. The summed E-state index contributed by atoms with van der Waals surface area (Å²) in [4.78, 5) is 0. The highest BCUT2D eigenvalue weighted by Gasteiger charge is 2.20. The summed E-state index contributed by atoms with van der Waals surface area (Å²) >= 11 is 0. The van der Waals surface area contributed by atoms with Crippen molar-refractivity contribution >= 4 is 0 Å². The highest BCUT2D eigenvalue weighted by Crippen LogP contribution is 2.27. The average molecular weight is 245 g/mol. The predicted molar refractivity (Wildman–Crippen MR) is 74.2 cm³/mol. The lowest BCUT2D eigenvalue weighted by Gasteiger charge is -2.30. The third-order valence-corrected chi connectivity index (χ3v) is 4.43. The second kappa shape index (κ2) is 5.31. The van der Waals surface area contributed by atoms with Crippen molar-refractivity contribution in [3.63, 3.8) is 0 Å². The number of fused-ring (bicyclic) bond motifs is 1. The van der Waals surface area contributed by atoms with E-state index in [0.29, 0.717) is 6.04 Å². The molecule has 2 unspecified atom stereocenters. The number of nitrogens with one attached hydrogen (secondary N) is 1. The summed E-state index contributed by atoms with van der Waals surface area (Å²) in [6, 6.07) is 7.44. The van der Waals surface area contributed by atoms with Crippen LogP contribution in [0.25, 0.3) is 0 Å². The van der Waals surface area contributed by atoms with E-state index in [0.717, 1.165) is 24.7 Å². The lowest BCUT2D eigenvalue weighted by Crippen LogP contribution is -2.40. The van der Waals surface area contributed by atoms with Crippen LogP contribution in [0.5, 0.6) is 5.75 Å². The number of rotatable bonds is 3. The van der Waals surface area contributed by atoms with Gasteiger partial charge in [0.15, 0.2) is 0 Å². The number of hydrogen-bond acceptors (Lipinski definition) is 2. The Kier molecular flexibility index (Phi) is 3.55. The van der Waals surface area contributed by atoms with Crippen LogP contribution in [0.4, 0.5) is 0 Å². The van der Waals surface area contributed by atoms with E-state index in [1.807, 2.05) is 0 Å². The van der Waals surface area contributed by atoms with Crippen LogP contribution >= 0.6 is 0 Å². The average Bonchev–Trinajstić information content (AvgIpc) is 2.85. The summed E-state index contributed by atoms with van der Waals surface area (Å²) in [5.41, 5.74) is 2.87. The van der Waals surface area contributed by atoms with Crippen molar-refractivity contribution in [3.8, 4) is 5.75 Å². The maximum Gasteiger partial charge on any atom is 0.122 e. The summed E-state index contributed by atoms with van der Waals surface area (Å²) in [5.74, 6) is 1.93. The Morgan fingerprint density at radius 1 is 1.39 bits per heavy atom. The molecule has 1 aromatic rings. The van der Waals surface area contributed by atoms with Crippen LogP contribution in [0.15, 0.2) is 18.2 Å². The van der Waals surface area contributed by atoms with Gasteiger partial charge in [-0.05, 0) is 55.3 Å². The van der Waals surface area contributed by atoms with E-state index in [1.54, 1.807) is 0 Å². The minimum absolute atomic E-state index is 0.711. The first-order valence-electron chi connectivity index (χ1n) is 7.31. The van der Waals surface area contributed by atoms with Crippen molar-refractivity contribution in [2.45, 2.75) is 45.1 Å². The van der Waals surface area contributed by atoms with Gasteiger partial charge in [-0.3, -0.25) is 0 Å². The van der Waals surface area contributed by atoms with Crippen LogP contribution in [0.1, 0.15) is 37.3 Å². The summed E-state index contributed by atoms with van der Waals surface area (Å²) < 4.78 is 5.55. The Balaban J connectivity index is 1.59. The number of aryl methyl sites for hydroxylation is 1. The van der Waals surface area contributed by atoms with E-state index in [4.69, 9.17) is 4.74 Å². The molecule has 2 atom stereocenters. The molecule has 1 saturated heterocycles. The van der Waals surface area contributed by atoms with Gasteiger partial charge in [-0.2, -0.15) is 0 Å².